The summed E-state index contributed by atoms with van der Waals surface area (Å²) < 4.78 is 0. The smallest absolute Gasteiger partial charge is 0.0420 e. The van der Waals surface area contributed by atoms with Crippen LogP contribution < -0.4 is 10.2 Å². The Kier molecular flexibility index (Phi) is 6.72. The van der Waals surface area contributed by atoms with Crippen LogP contribution >= 0.6 is 0 Å². The fourth-order valence-electron chi connectivity index (χ4n) is 1.44. The molecule has 4 nitrogen and oxygen atoms in total. The number of rotatable bonds is 5. The van der Waals surface area contributed by atoms with E-state index in [0.717, 1.165) is 0 Å². The summed E-state index contributed by atoms with van der Waals surface area (Å²) in [6.07, 6.45) is -0.615. The van der Waals surface area contributed by atoms with E-state index in [2.05, 4.69) is 0 Å². The summed E-state index contributed by atoms with van der Waals surface area (Å²) in [5.41, 5.74) is 0.672. The molecule has 0 saturated heterocycles. The van der Waals surface area contributed by atoms with Crippen molar-refractivity contribution in [1.82, 2.24) is 0 Å². The van der Waals surface area contributed by atoms with E-state index in [4.69, 9.17) is 0 Å². The average Bonchev–Trinajstić information content (AvgIpc) is 2.17. The average molecular weight is 314 g/mol. The number of carboxylic acid groups (broad SMARTS) is 2. The molecular formula is C11H10AgO4-2. The molecule has 0 heterocycles. The van der Waals surface area contributed by atoms with Crippen LogP contribution in [0, 0.1) is 0 Å². The SMILES string of the molecule is O=C([O-])CC(CC(=O)[O-])c1ccccc1.[Ag]. The van der Waals surface area contributed by atoms with Gasteiger partial charge in [-0.25, -0.2) is 0 Å². The summed E-state index contributed by atoms with van der Waals surface area (Å²) in [7, 11) is 0. The first-order valence-electron chi connectivity index (χ1n) is 4.54. The van der Waals surface area contributed by atoms with Crippen LogP contribution in [0.1, 0.15) is 24.3 Å². The van der Waals surface area contributed by atoms with Crippen molar-refractivity contribution in [2.45, 2.75) is 18.8 Å². The molecule has 0 N–H and O–H groups in total. The van der Waals surface area contributed by atoms with Gasteiger partial charge >= 0.3 is 0 Å². The van der Waals surface area contributed by atoms with Gasteiger partial charge in [-0.15, -0.1) is 0 Å². The van der Waals surface area contributed by atoms with Gasteiger partial charge in [0.15, 0.2) is 0 Å². The van der Waals surface area contributed by atoms with Gasteiger partial charge in [-0.2, -0.15) is 0 Å². The summed E-state index contributed by atoms with van der Waals surface area (Å²) in [5, 5.41) is 20.9. The summed E-state index contributed by atoms with van der Waals surface area (Å²) in [6, 6.07) is 8.62. The van der Waals surface area contributed by atoms with Crippen molar-refractivity contribution >= 4 is 11.9 Å². The van der Waals surface area contributed by atoms with E-state index < -0.39 is 17.9 Å². The van der Waals surface area contributed by atoms with Crippen LogP contribution in [0.5, 0.6) is 0 Å². The Bertz CT molecular complexity index is 334. The van der Waals surface area contributed by atoms with Crippen LogP contribution in [0.4, 0.5) is 0 Å². The van der Waals surface area contributed by atoms with Gasteiger partial charge in [0.1, 0.15) is 0 Å². The van der Waals surface area contributed by atoms with E-state index in [1.54, 1.807) is 30.3 Å². The maximum absolute atomic E-state index is 10.4. The van der Waals surface area contributed by atoms with E-state index in [9.17, 15) is 19.8 Å². The molecule has 0 aliphatic heterocycles. The second kappa shape index (κ2) is 7.22. The summed E-state index contributed by atoms with van der Waals surface area (Å²) in [5.74, 6) is -3.10. The molecule has 1 aromatic carbocycles. The Morgan fingerprint density at radius 3 is 1.81 bits per heavy atom. The number of hydrogen-bond acceptors (Lipinski definition) is 4. The van der Waals surface area contributed by atoms with Crippen LogP contribution in [0.25, 0.3) is 0 Å². The fraction of sp³-hybridized carbons (Fsp3) is 0.273. The fourth-order valence-corrected chi connectivity index (χ4v) is 1.44. The number of benzene rings is 1. The molecule has 0 aliphatic carbocycles. The predicted octanol–water partition coefficient (Wildman–Crippen LogP) is -0.952. The standard InChI is InChI=1S/C11H12O4.Ag/c12-10(13)6-9(7-11(14)15)8-4-2-1-3-5-8;/h1-5,9H,6-7H2,(H,12,13)(H,14,15);/p-2. The molecule has 0 aliphatic rings. The van der Waals surface area contributed by atoms with Gasteiger partial charge in [0.05, 0.1) is 0 Å². The van der Waals surface area contributed by atoms with Crippen LogP contribution in [0.15, 0.2) is 30.3 Å². The van der Waals surface area contributed by atoms with Gasteiger partial charge in [0.25, 0.3) is 0 Å². The normalized spacial score (nSPS) is 9.56. The van der Waals surface area contributed by atoms with Gasteiger partial charge in [0.2, 0.25) is 0 Å². The number of hydrogen-bond donors (Lipinski definition) is 0. The van der Waals surface area contributed by atoms with E-state index in [1.807, 2.05) is 0 Å². The zero-order chi connectivity index (χ0) is 11.3. The van der Waals surface area contributed by atoms with E-state index in [-0.39, 0.29) is 35.2 Å². The number of carboxylic acids is 2. The molecule has 0 spiro atoms. The zero-order valence-electron chi connectivity index (χ0n) is 8.31. The topological polar surface area (TPSA) is 80.3 Å². The molecule has 1 aromatic rings. The Morgan fingerprint density at radius 1 is 1.00 bits per heavy atom. The molecular weight excluding hydrogens is 304 g/mol. The van der Waals surface area contributed by atoms with Crippen LogP contribution in [-0.4, -0.2) is 11.9 Å². The zero-order valence-corrected chi connectivity index (χ0v) is 9.80. The third-order valence-corrected chi connectivity index (χ3v) is 2.10. The minimum Gasteiger partial charge on any atom is -0.550 e. The van der Waals surface area contributed by atoms with E-state index in [1.165, 1.54) is 0 Å². The molecule has 0 saturated carbocycles. The van der Waals surface area contributed by atoms with E-state index in [0.29, 0.717) is 5.56 Å². The first-order valence-corrected chi connectivity index (χ1v) is 4.54. The van der Waals surface area contributed by atoms with Crippen molar-refractivity contribution in [3.05, 3.63) is 35.9 Å². The maximum atomic E-state index is 10.4. The monoisotopic (exact) mass is 313 g/mol. The van der Waals surface area contributed by atoms with Crippen LogP contribution in [0.3, 0.4) is 0 Å². The van der Waals surface area contributed by atoms with Crippen molar-refractivity contribution in [1.29, 1.82) is 0 Å². The van der Waals surface area contributed by atoms with Crippen LogP contribution in [0.2, 0.25) is 0 Å². The van der Waals surface area contributed by atoms with Gasteiger partial charge in [-0.05, 0) is 24.3 Å². The Morgan fingerprint density at radius 2 is 1.44 bits per heavy atom. The molecule has 0 unspecified atom stereocenters. The van der Waals surface area contributed by atoms with Crippen molar-refractivity contribution in [2.75, 3.05) is 0 Å². The maximum Gasteiger partial charge on any atom is 0.0420 e. The molecule has 0 fully saturated rings. The van der Waals surface area contributed by atoms with E-state index >= 15 is 0 Å². The molecule has 5 heteroatoms. The molecule has 0 atom stereocenters. The Balaban J connectivity index is 0.00000225. The molecule has 0 amide bonds. The number of aliphatic carboxylic acids is 2. The third kappa shape index (κ3) is 5.11. The van der Waals surface area contributed by atoms with Crippen LogP contribution in [-0.2, 0) is 32.0 Å². The first-order chi connectivity index (χ1) is 7.09. The third-order valence-electron chi connectivity index (χ3n) is 2.10. The molecule has 0 bridgehead atoms. The van der Waals surface area contributed by atoms with Crippen molar-refractivity contribution in [3.63, 3.8) is 0 Å². The number of carbonyl (C=O) groups is 2. The van der Waals surface area contributed by atoms with Gasteiger partial charge in [0, 0.05) is 34.3 Å². The number of carbonyl (C=O) groups excluding carboxylic acids is 2. The van der Waals surface area contributed by atoms with Gasteiger partial charge in [-0.3, -0.25) is 0 Å². The van der Waals surface area contributed by atoms with Crippen molar-refractivity contribution in [3.8, 4) is 0 Å². The molecule has 0 aromatic heterocycles. The van der Waals surface area contributed by atoms with Crippen molar-refractivity contribution in [2.24, 2.45) is 0 Å². The Hall–Kier alpha value is -1.10. The van der Waals surface area contributed by atoms with Gasteiger partial charge < -0.3 is 19.8 Å². The molecule has 1 rings (SSSR count). The first kappa shape index (κ1) is 14.9. The second-order valence-electron chi connectivity index (χ2n) is 3.26. The second-order valence-corrected chi connectivity index (χ2v) is 3.26. The minimum absolute atomic E-state index is 0. The molecule has 91 valence electrons. The molecule has 1 radical (unpaired) electrons. The summed E-state index contributed by atoms with van der Waals surface area (Å²) >= 11 is 0. The minimum atomic E-state index is -1.26. The van der Waals surface area contributed by atoms with Gasteiger partial charge in [-0.1, -0.05) is 30.3 Å². The molecule has 16 heavy (non-hydrogen) atoms. The Labute approximate surface area is 109 Å². The summed E-state index contributed by atoms with van der Waals surface area (Å²) in [4.78, 5) is 20.9. The quantitative estimate of drug-likeness (QED) is 0.656. The summed E-state index contributed by atoms with van der Waals surface area (Å²) in [6.45, 7) is 0. The largest absolute Gasteiger partial charge is 0.550 e. The predicted molar refractivity (Wildman–Crippen MR) is 48.4 cm³/mol. The van der Waals surface area contributed by atoms with Crippen molar-refractivity contribution < 1.29 is 42.2 Å².